The summed E-state index contributed by atoms with van der Waals surface area (Å²) < 4.78 is 0. The van der Waals surface area contributed by atoms with Crippen molar-refractivity contribution in [3.63, 3.8) is 0 Å². The summed E-state index contributed by atoms with van der Waals surface area (Å²) in [7, 11) is 0. The van der Waals surface area contributed by atoms with Crippen LogP contribution in [-0.4, -0.2) is 33.0 Å². The number of aliphatic hydroxyl groups excluding tert-OH is 1. The first kappa shape index (κ1) is 19.2. The molecule has 2 aliphatic rings. The Bertz CT molecular complexity index is 538. The minimum absolute atomic E-state index is 0.00933. The van der Waals surface area contributed by atoms with Crippen LogP contribution >= 0.6 is 0 Å². The lowest BCUT2D eigenvalue weighted by atomic mass is 9.46. The van der Waals surface area contributed by atoms with Gasteiger partial charge in [-0.3, -0.25) is 4.79 Å². The predicted molar refractivity (Wildman–Crippen MR) is 94.5 cm³/mol. The SMILES string of the molecule is C=CC(C)(O)CC[C@H]1C(=C)CCC2[C@]1(C)C[C@@H](O)C[C@]2(C)C(=O)O. The summed E-state index contributed by atoms with van der Waals surface area (Å²) in [6.07, 6.45) is 4.76. The van der Waals surface area contributed by atoms with Gasteiger partial charge >= 0.3 is 5.97 Å². The number of aliphatic hydroxyl groups is 2. The fraction of sp³-hybridized carbons (Fsp3) is 0.750. The average Bonchev–Trinajstić information content (AvgIpc) is 2.45. The molecule has 2 unspecified atom stereocenters. The molecule has 2 fully saturated rings. The number of aliphatic carboxylic acids is 1. The van der Waals surface area contributed by atoms with E-state index in [-0.39, 0.29) is 17.3 Å². The van der Waals surface area contributed by atoms with E-state index in [9.17, 15) is 20.1 Å². The van der Waals surface area contributed by atoms with Crippen molar-refractivity contribution in [3.8, 4) is 0 Å². The standard InChI is InChI=1S/C20H32O4/c1-6-18(3,24)10-9-15-13(2)7-8-16-19(15,4)11-14(21)12-20(16,5)17(22)23/h6,14-16,21,24H,1-2,7-12H2,3-5H3,(H,22,23)/t14-,15+,16?,18?,19-,20+/m1/s1. The van der Waals surface area contributed by atoms with Gasteiger partial charge in [-0.25, -0.2) is 0 Å². The topological polar surface area (TPSA) is 77.8 Å². The molecule has 0 aromatic heterocycles. The summed E-state index contributed by atoms with van der Waals surface area (Å²) >= 11 is 0. The molecule has 6 atom stereocenters. The minimum Gasteiger partial charge on any atom is -0.481 e. The van der Waals surface area contributed by atoms with Gasteiger partial charge in [-0.2, -0.15) is 0 Å². The summed E-state index contributed by atoms with van der Waals surface area (Å²) in [5, 5.41) is 30.5. The smallest absolute Gasteiger partial charge is 0.309 e. The molecule has 2 rings (SSSR count). The van der Waals surface area contributed by atoms with Crippen molar-refractivity contribution in [1.82, 2.24) is 0 Å². The van der Waals surface area contributed by atoms with Gasteiger partial charge in [-0.1, -0.05) is 25.2 Å². The summed E-state index contributed by atoms with van der Waals surface area (Å²) in [5.74, 6) is -0.701. The summed E-state index contributed by atoms with van der Waals surface area (Å²) in [6.45, 7) is 13.6. The van der Waals surface area contributed by atoms with E-state index in [1.54, 1.807) is 19.9 Å². The summed E-state index contributed by atoms with van der Waals surface area (Å²) in [6, 6.07) is 0. The number of fused-ring (bicyclic) bond motifs is 1. The second-order valence-corrected chi connectivity index (χ2v) is 8.69. The number of hydrogen-bond acceptors (Lipinski definition) is 3. The monoisotopic (exact) mass is 336 g/mol. The molecule has 4 nitrogen and oxygen atoms in total. The van der Waals surface area contributed by atoms with Crippen molar-refractivity contribution in [2.75, 3.05) is 0 Å². The average molecular weight is 336 g/mol. The molecule has 3 N–H and O–H groups in total. The van der Waals surface area contributed by atoms with E-state index >= 15 is 0 Å². The van der Waals surface area contributed by atoms with Crippen LogP contribution in [0.2, 0.25) is 0 Å². The third-order valence-electron chi connectivity index (χ3n) is 6.81. The van der Waals surface area contributed by atoms with Crippen molar-refractivity contribution >= 4 is 5.97 Å². The van der Waals surface area contributed by atoms with Gasteiger partial charge in [0.25, 0.3) is 0 Å². The highest BCUT2D eigenvalue weighted by atomic mass is 16.4. The number of rotatable bonds is 5. The number of allylic oxidation sites excluding steroid dienone is 1. The van der Waals surface area contributed by atoms with Crippen LogP contribution in [0.5, 0.6) is 0 Å². The quantitative estimate of drug-likeness (QED) is 0.671. The first-order chi connectivity index (χ1) is 11.0. The van der Waals surface area contributed by atoms with Crippen molar-refractivity contribution in [3.05, 3.63) is 24.8 Å². The Morgan fingerprint density at radius 3 is 2.58 bits per heavy atom. The Balaban J connectivity index is 2.35. The molecule has 4 heteroatoms. The van der Waals surface area contributed by atoms with E-state index in [4.69, 9.17) is 0 Å². The first-order valence-electron chi connectivity index (χ1n) is 8.91. The lowest BCUT2D eigenvalue weighted by molar-refractivity contribution is -0.173. The third kappa shape index (κ3) is 3.18. The molecular formula is C20H32O4. The molecule has 2 aliphatic carbocycles. The highest BCUT2D eigenvalue weighted by Crippen LogP contribution is 2.62. The van der Waals surface area contributed by atoms with Crippen LogP contribution in [0, 0.1) is 22.7 Å². The van der Waals surface area contributed by atoms with Crippen LogP contribution < -0.4 is 0 Å². The van der Waals surface area contributed by atoms with Crippen molar-refractivity contribution in [2.45, 2.75) is 71.0 Å². The molecule has 0 heterocycles. The summed E-state index contributed by atoms with van der Waals surface area (Å²) in [5.41, 5.74) is -1.04. The predicted octanol–water partition coefficient (Wildman–Crippen LogP) is 3.54. The second-order valence-electron chi connectivity index (χ2n) is 8.69. The molecule has 0 spiro atoms. The van der Waals surface area contributed by atoms with Gasteiger partial charge in [-0.05, 0) is 69.6 Å². The Morgan fingerprint density at radius 1 is 1.42 bits per heavy atom. The second kappa shape index (κ2) is 6.30. The Hall–Kier alpha value is -1.13. The van der Waals surface area contributed by atoms with E-state index < -0.39 is 23.1 Å². The summed E-state index contributed by atoms with van der Waals surface area (Å²) in [4.78, 5) is 12.0. The van der Waals surface area contributed by atoms with E-state index in [1.807, 2.05) is 0 Å². The zero-order chi connectivity index (χ0) is 18.3. The number of carboxylic acid groups (broad SMARTS) is 1. The fourth-order valence-corrected chi connectivity index (χ4v) is 5.39. The highest BCUT2D eigenvalue weighted by Gasteiger charge is 2.59. The number of carboxylic acids is 1. The fourth-order valence-electron chi connectivity index (χ4n) is 5.39. The van der Waals surface area contributed by atoms with Crippen LogP contribution in [0.3, 0.4) is 0 Å². The maximum atomic E-state index is 12.0. The molecule has 136 valence electrons. The molecule has 0 aromatic carbocycles. The maximum Gasteiger partial charge on any atom is 0.309 e. The van der Waals surface area contributed by atoms with Crippen LogP contribution in [0.25, 0.3) is 0 Å². The molecule has 0 aliphatic heterocycles. The zero-order valence-corrected chi connectivity index (χ0v) is 15.2. The first-order valence-corrected chi connectivity index (χ1v) is 8.91. The van der Waals surface area contributed by atoms with Gasteiger partial charge in [0.15, 0.2) is 0 Å². The number of hydrogen-bond donors (Lipinski definition) is 3. The van der Waals surface area contributed by atoms with E-state index in [0.29, 0.717) is 19.3 Å². The van der Waals surface area contributed by atoms with Gasteiger partial charge < -0.3 is 15.3 Å². The van der Waals surface area contributed by atoms with E-state index in [1.165, 1.54) is 0 Å². The van der Waals surface area contributed by atoms with Crippen molar-refractivity contribution < 1.29 is 20.1 Å². The normalized spacial score (nSPS) is 42.0. The van der Waals surface area contributed by atoms with Gasteiger partial charge in [0, 0.05) is 0 Å². The van der Waals surface area contributed by atoms with Crippen molar-refractivity contribution in [1.29, 1.82) is 0 Å². The van der Waals surface area contributed by atoms with E-state index in [2.05, 4.69) is 20.1 Å². The van der Waals surface area contributed by atoms with Gasteiger partial charge in [0.05, 0.1) is 17.1 Å². The van der Waals surface area contributed by atoms with E-state index in [0.717, 1.165) is 24.8 Å². The molecule has 0 aromatic rings. The molecular weight excluding hydrogens is 304 g/mol. The largest absolute Gasteiger partial charge is 0.481 e. The van der Waals surface area contributed by atoms with Crippen LogP contribution in [0.4, 0.5) is 0 Å². The molecule has 24 heavy (non-hydrogen) atoms. The molecule has 0 amide bonds. The number of carbonyl (C=O) groups is 1. The van der Waals surface area contributed by atoms with Crippen LogP contribution in [-0.2, 0) is 4.79 Å². The Morgan fingerprint density at radius 2 is 2.04 bits per heavy atom. The van der Waals surface area contributed by atoms with Crippen LogP contribution in [0.1, 0.15) is 59.3 Å². The minimum atomic E-state index is -0.938. The van der Waals surface area contributed by atoms with Gasteiger partial charge in [-0.15, -0.1) is 6.58 Å². The molecule has 2 saturated carbocycles. The van der Waals surface area contributed by atoms with Crippen molar-refractivity contribution in [2.24, 2.45) is 22.7 Å². The van der Waals surface area contributed by atoms with Gasteiger partial charge in [0.1, 0.15) is 0 Å². The molecule has 0 radical (unpaired) electrons. The lowest BCUT2D eigenvalue weighted by Crippen LogP contribution is -2.56. The highest BCUT2D eigenvalue weighted by molar-refractivity contribution is 5.75. The Labute approximate surface area is 145 Å². The lowest BCUT2D eigenvalue weighted by Gasteiger charge is -2.58. The van der Waals surface area contributed by atoms with Gasteiger partial charge in [0.2, 0.25) is 0 Å². The van der Waals surface area contributed by atoms with Crippen LogP contribution in [0.15, 0.2) is 24.8 Å². The third-order valence-corrected chi connectivity index (χ3v) is 6.81. The maximum absolute atomic E-state index is 12.0. The Kier molecular flexibility index (Phi) is 5.04. The zero-order valence-electron chi connectivity index (χ0n) is 15.2. The molecule has 0 bridgehead atoms. The molecule has 0 saturated heterocycles.